The van der Waals surface area contributed by atoms with E-state index in [1.807, 2.05) is 11.3 Å². The molecule has 26 heavy (non-hydrogen) atoms. The fourth-order valence-corrected chi connectivity index (χ4v) is 4.43. The lowest BCUT2D eigenvalue weighted by Gasteiger charge is -2.41. The Hall–Kier alpha value is -1.24. The molecule has 0 bridgehead atoms. The molecule has 4 nitrogen and oxygen atoms in total. The van der Waals surface area contributed by atoms with Crippen LogP contribution in [0.2, 0.25) is 0 Å². The minimum Gasteiger partial charge on any atom is -0.371 e. The third kappa shape index (κ3) is 4.93. The van der Waals surface area contributed by atoms with Gasteiger partial charge in [0.2, 0.25) is 0 Å². The van der Waals surface area contributed by atoms with Gasteiger partial charge in [0.05, 0.1) is 19.3 Å². The van der Waals surface area contributed by atoms with Gasteiger partial charge < -0.3 is 14.4 Å². The van der Waals surface area contributed by atoms with Crippen LogP contribution in [0, 0.1) is 0 Å². The lowest BCUT2D eigenvalue weighted by molar-refractivity contribution is -0.189. The van der Waals surface area contributed by atoms with Gasteiger partial charge in [0.25, 0.3) is 0 Å². The second-order valence-corrected chi connectivity index (χ2v) is 8.17. The number of benzene rings is 1. The van der Waals surface area contributed by atoms with Crippen molar-refractivity contribution in [3.05, 3.63) is 58.3 Å². The Morgan fingerprint density at radius 1 is 0.923 bits per heavy atom. The van der Waals surface area contributed by atoms with Gasteiger partial charge in [-0.05, 0) is 23.4 Å². The molecule has 140 valence electrons. The lowest BCUT2D eigenvalue weighted by atomic mass is 10.1. The van der Waals surface area contributed by atoms with Crippen molar-refractivity contribution in [2.45, 2.75) is 25.2 Å². The average molecular weight is 373 g/mol. The van der Waals surface area contributed by atoms with Crippen molar-refractivity contribution in [3.8, 4) is 0 Å². The molecular weight excluding hydrogens is 344 g/mol. The van der Waals surface area contributed by atoms with E-state index in [1.165, 1.54) is 16.9 Å². The highest BCUT2D eigenvalue weighted by Gasteiger charge is 2.29. The zero-order chi connectivity index (χ0) is 17.6. The first-order chi connectivity index (χ1) is 12.9. The van der Waals surface area contributed by atoms with Gasteiger partial charge in [-0.25, -0.2) is 0 Å². The highest BCUT2D eigenvalue weighted by atomic mass is 32.1. The summed E-state index contributed by atoms with van der Waals surface area (Å²) in [6.07, 6.45) is 2.41. The molecule has 2 atom stereocenters. The summed E-state index contributed by atoms with van der Waals surface area (Å²) >= 11 is 1.86. The van der Waals surface area contributed by atoms with Gasteiger partial charge in [0.1, 0.15) is 6.23 Å². The zero-order valence-corrected chi connectivity index (χ0v) is 16.1. The van der Waals surface area contributed by atoms with Crippen LogP contribution in [-0.4, -0.2) is 68.1 Å². The van der Waals surface area contributed by atoms with Crippen molar-refractivity contribution < 1.29 is 9.47 Å². The minimum absolute atomic E-state index is 0.126. The molecule has 0 amide bonds. The number of hydrogen-bond acceptors (Lipinski definition) is 5. The highest BCUT2D eigenvalue weighted by Crippen LogP contribution is 2.17. The molecular formula is C21H28N2O2S. The first kappa shape index (κ1) is 18.1. The van der Waals surface area contributed by atoms with E-state index < -0.39 is 0 Å². The molecule has 4 rings (SSSR count). The van der Waals surface area contributed by atoms with E-state index in [1.54, 1.807) is 0 Å². The Bertz CT molecular complexity index is 633. The smallest absolute Gasteiger partial charge is 0.134 e. The molecule has 0 spiro atoms. The van der Waals surface area contributed by atoms with E-state index in [2.05, 4.69) is 57.6 Å². The number of piperazine rings is 1. The summed E-state index contributed by atoms with van der Waals surface area (Å²) in [7, 11) is 0. The maximum Gasteiger partial charge on any atom is 0.134 e. The molecule has 2 unspecified atom stereocenters. The molecule has 2 saturated heterocycles. The first-order valence-corrected chi connectivity index (χ1v) is 10.5. The van der Waals surface area contributed by atoms with Crippen LogP contribution in [0.4, 0.5) is 0 Å². The van der Waals surface area contributed by atoms with E-state index >= 15 is 0 Å². The third-order valence-corrected chi connectivity index (χ3v) is 6.26. The molecule has 0 radical (unpaired) electrons. The molecule has 0 saturated carbocycles. The van der Waals surface area contributed by atoms with Crippen LogP contribution in [0.25, 0.3) is 0 Å². The summed E-state index contributed by atoms with van der Waals surface area (Å²) in [5, 5.41) is 2.17. The van der Waals surface area contributed by atoms with E-state index in [4.69, 9.17) is 9.47 Å². The van der Waals surface area contributed by atoms with Crippen molar-refractivity contribution in [3.63, 3.8) is 0 Å². The van der Waals surface area contributed by atoms with Crippen molar-refractivity contribution in [2.24, 2.45) is 0 Å². The number of ether oxygens (including phenoxy) is 2. The molecule has 1 aromatic carbocycles. The maximum atomic E-state index is 6.14. The van der Waals surface area contributed by atoms with E-state index in [-0.39, 0.29) is 12.3 Å². The second-order valence-electron chi connectivity index (χ2n) is 7.14. The summed E-state index contributed by atoms with van der Waals surface area (Å²) in [6.45, 7) is 6.93. The second kappa shape index (κ2) is 9.11. The fraction of sp³-hybridized carbons (Fsp3) is 0.524. The third-order valence-electron chi connectivity index (χ3n) is 5.32. The van der Waals surface area contributed by atoms with Gasteiger partial charge in [-0.15, -0.1) is 11.3 Å². The van der Waals surface area contributed by atoms with Crippen molar-refractivity contribution in [1.29, 1.82) is 0 Å². The molecule has 1 aromatic heterocycles. The van der Waals surface area contributed by atoms with Crippen LogP contribution < -0.4 is 0 Å². The topological polar surface area (TPSA) is 24.9 Å². The highest BCUT2D eigenvalue weighted by molar-refractivity contribution is 7.09. The van der Waals surface area contributed by atoms with Crippen molar-refractivity contribution >= 4 is 11.3 Å². The fourth-order valence-electron chi connectivity index (χ4n) is 3.74. The van der Waals surface area contributed by atoms with Gasteiger partial charge in [0, 0.05) is 44.0 Å². The quantitative estimate of drug-likeness (QED) is 0.778. The minimum atomic E-state index is 0.126. The Kier molecular flexibility index (Phi) is 6.35. The standard InChI is InChI=1S/C21H28N2O2S/c1-2-5-18(6-3-1)15-19-16-25-21(17-24-19)23-12-10-22(11-13-23)9-8-20-7-4-14-26-20/h1-7,14,19,21H,8-13,15-17H2. The Balaban J connectivity index is 1.16. The van der Waals surface area contributed by atoms with Crippen LogP contribution in [0.3, 0.4) is 0 Å². The molecule has 2 aliphatic heterocycles. The summed E-state index contributed by atoms with van der Waals surface area (Å²) in [5.74, 6) is 0. The van der Waals surface area contributed by atoms with Crippen LogP contribution in [0.15, 0.2) is 47.8 Å². The predicted octanol–water partition coefficient (Wildman–Crippen LogP) is 2.89. The summed E-state index contributed by atoms with van der Waals surface area (Å²) in [4.78, 5) is 6.50. The first-order valence-electron chi connectivity index (χ1n) is 9.63. The number of hydrogen-bond donors (Lipinski definition) is 0. The molecule has 2 fully saturated rings. The molecule has 0 aliphatic carbocycles. The van der Waals surface area contributed by atoms with Crippen molar-refractivity contribution in [1.82, 2.24) is 9.80 Å². The van der Waals surface area contributed by atoms with E-state index in [0.29, 0.717) is 13.2 Å². The van der Waals surface area contributed by atoms with E-state index in [0.717, 1.165) is 39.1 Å². The molecule has 2 aromatic rings. The van der Waals surface area contributed by atoms with Gasteiger partial charge >= 0.3 is 0 Å². The van der Waals surface area contributed by atoms with Gasteiger partial charge in [-0.3, -0.25) is 4.90 Å². The van der Waals surface area contributed by atoms with Crippen LogP contribution in [0.1, 0.15) is 10.4 Å². The van der Waals surface area contributed by atoms with E-state index in [9.17, 15) is 0 Å². The van der Waals surface area contributed by atoms with Gasteiger partial charge in [-0.1, -0.05) is 36.4 Å². The van der Waals surface area contributed by atoms with Crippen molar-refractivity contribution in [2.75, 3.05) is 45.9 Å². The molecule has 0 N–H and O–H groups in total. The largest absolute Gasteiger partial charge is 0.371 e. The maximum absolute atomic E-state index is 6.14. The molecule has 2 aliphatic rings. The summed E-state index contributed by atoms with van der Waals surface area (Å²) < 4.78 is 12.2. The van der Waals surface area contributed by atoms with Crippen LogP contribution in [0.5, 0.6) is 0 Å². The SMILES string of the molecule is c1ccc(CC2COC(N3CCN(CCc4cccs4)CC3)CO2)cc1. The average Bonchev–Trinajstić information content (AvgIpc) is 3.22. The van der Waals surface area contributed by atoms with Gasteiger partial charge in [-0.2, -0.15) is 0 Å². The van der Waals surface area contributed by atoms with Gasteiger partial charge in [0.15, 0.2) is 0 Å². The number of rotatable bonds is 6. The van der Waals surface area contributed by atoms with Crippen LogP contribution in [-0.2, 0) is 22.3 Å². The number of nitrogens with zero attached hydrogens (tertiary/aromatic N) is 2. The Labute approximate surface area is 160 Å². The monoisotopic (exact) mass is 372 g/mol. The Morgan fingerprint density at radius 3 is 2.46 bits per heavy atom. The normalized spacial score (nSPS) is 25.4. The summed E-state index contributed by atoms with van der Waals surface area (Å²) in [5.41, 5.74) is 1.32. The number of thiophene rings is 1. The van der Waals surface area contributed by atoms with Crippen LogP contribution >= 0.6 is 11.3 Å². The lowest BCUT2D eigenvalue weighted by Crippen LogP contribution is -2.55. The molecule has 5 heteroatoms. The summed E-state index contributed by atoms with van der Waals surface area (Å²) in [6, 6.07) is 14.9. The zero-order valence-electron chi connectivity index (χ0n) is 15.3. The Morgan fingerprint density at radius 2 is 1.77 bits per heavy atom. The predicted molar refractivity (Wildman–Crippen MR) is 106 cm³/mol. The molecule has 3 heterocycles.